The van der Waals surface area contributed by atoms with Gasteiger partial charge in [0.2, 0.25) is 0 Å². The van der Waals surface area contributed by atoms with Crippen molar-refractivity contribution in [3.63, 3.8) is 0 Å². The minimum absolute atomic E-state index is 0.0201. The Morgan fingerprint density at radius 1 is 1.12 bits per heavy atom. The van der Waals surface area contributed by atoms with E-state index in [-0.39, 0.29) is 21.0 Å². The molecule has 9 heteroatoms. The Balaban J connectivity index is 1.83. The molecule has 1 aliphatic heterocycles. The fourth-order valence-corrected chi connectivity index (χ4v) is 4.70. The summed E-state index contributed by atoms with van der Waals surface area (Å²) in [5.41, 5.74) is 0.326. The maximum absolute atomic E-state index is 12.6. The molecule has 1 heterocycles. The summed E-state index contributed by atoms with van der Waals surface area (Å²) in [4.78, 5) is 2.06. The maximum Gasteiger partial charge on any atom is 0.263 e. The predicted molar refractivity (Wildman–Crippen MR) is 105 cm³/mol. The summed E-state index contributed by atoms with van der Waals surface area (Å²) < 4.78 is 33.7. The molecule has 1 aliphatic rings. The Bertz CT molecular complexity index is 921. The first-order valence-corrected chi connectivity index (χ1v) is 10.5. The van der Waals surface area contributed by atoms with Crippen molar-refractivity contribution < 1.29 is 13.2 Å². The average molecular weight is 436 g/mol. The van der Waals surface area contributed by atoms with Crippen molar-refractivity contribution in [1.82, 2.24) is 4.90 Å². The van der Waals surface area contributed by atoms with Crippen LogP contribution in [0, 0.1) is 0 Å². The number of ether oxygens (including phenoxy) is 1. The minimum atomic E-state index is -3.91. The summed E-state index contributed by atoms with van der Waals surface area (Å²) in [5, 5.41) is 0.782. The minimum Gasteiger partial charge on any atom is -0.487 e. The van der Waals surface area contributed by atoms with E-state index in [9.17, 15) is 8.42 Å². The second-order valence-electron chi connectivity index (χ2n) is 6.12. The van der Waals surface area contributed by atoms with Crippen LogP contribution in [-0.2, 0) is 10.0 Å². The van der Waals surface area contributed by atoms with E-state index >= 15 is 0 Å². The molecule has 5 nitrogen and oxygen atoms in total. The van der Waals surface area contributed by atoms with E-state index in [0.717, 1.165) is 19.5 Å². The van der Waals surface area contributed by atoms with Crippen LogP contribution in [0.3, 0.4) is 0 Å². The average Bonchev–Trinajstić information content (AvgIpc) is 2.97. The van der Waals surface area contributed by atoms with Gasteiger partial charge in [-0.3, -0.25) is 4.72 Å². The van der Waals surface area contributed by atoms with Gasteiger partial charge in [0, 0.05) is 24.2 Å². The molecule has 1 atom stereocenters. The molecule has 140 valence electrons. The van der Waals surface area contributed by atoms with Crippen molar-refractivity contribution in [3.05, 3.63) is 51.5 Å². The monoisotopic (exact) mass is 434 g/mol. The molecule has 3 rings (SSSR count). The standard InChI is InChI=1S/C17H17Cl3N2O3S/c1-22-7-6-13(10-22)25-16-9-12(3-5-14(16)19)21-26(23,24)17-8-11(18)2-4-15(17)20/h2-5,8-9,13,21H,6-7,10H2,1H3/t13-/m1/s1. The SMILES string of the molecule is CN1CC[C@@H](Oc2cc(NS(=O)(=O)c3cc(Cl)ccc3Cl)ccc2Cl)C1. The van der Waals surface area contributed by atoms with Crippen LogP contribution in [0.2, 0.25) is 15.1 Å². The second kappa shape index (κ2) is 7.82. The van der Waals surface area contributed by atoms with Crippen molar-refractivity contribution in [1.29, 1.82) is 0 Å². The molecule has 2 aromatic rings. The molecule has 0 unspecified atom stereocenters. The fraction of sp³-hybridized carbons (Fsp3) is 0.294. The number of rotatable bonds is 5. The van der Waals surface area contributed by atoms with E-state index in [1.165, 1.54) is 18.2 Å². The van der Waals surface area contributed by atoms with E-state index in [0.29, 0.717) is 16.5 Å². The Morgan fingerprint density at radius 3 is 2.54 bits per heavy atom. The number of hydrogen-bond acceptors (Lipinski definition) is 4. The molecule has 0 saturated carbocycles. The second-order valence-corrected chi connectivity index (χ2v) is 9.02. The lowest BCUT2D eigenvalue weighted by Crippen LogP contribution is -2.21. The van der Waals surface area contributed by atoms with Gasteiger partial charge in [-0.15, -0.1) is 0 Å². The van der Waals surface area contributed by atoms with Crippen molar-refractivity contribution in [3.8, 4) is 5.75 Å². The molecule has 2 aromatic carbocycles. The summed E-state index contributed by atoms with van der Waals surface area (Å²) in [7, 11) is -1.89. The Hall–Kier alpha value is -1.18. The molecule has 0 aromatic heterocycles. The number of anilines is 1. The smallest absolute Gasteiger partial charge is 0.263 e. The molecule has 1 saturated heterocycles. The third kappa shape index (κ3) is 4.56. The highest BCUT2D eigenvalue weighted by Crippen LogP contribution is 2.32. The van der Waals surface area contributed by atoms with Gasteiger partial charge in [0.15, 0.2) is 0 Å². The Morgan fingerprint density at radius 2 is 1.85 bits per heavy atom. The van der Waals surface area contributed by atoms with Gasteiger partial charge >= 0.3 is 0 Å². The van der Waals surface area contributed by atoms with Crippen molar-refractivity contribution in [2.24, 2.45) is 0 Å². The van der Waals surface area contributed by atoms with Gasteiger partial charge in [0.05, 0.1) is 15.7 Å². The van der Waals surface area contributed by atoms with Gasteiger partial charge < -0.3 is 9.64 Å². The van der Waals surface area contributed by atoms with Gasteiger partial charge in [0.25, 0.3) is 10.0 Å². The fourth-order valence-electron chi connectivity index (χ4n) is 2.72. The summed E-state index contributed by atoms with van der Waals surface area (Å²) in [6.07, 6.45) is 0.910. The summed E-state index contributed by atoms with van der Waals surface area (Å²) in [5.74, 6) is 0.435. The number of likely N-dealkylation sites (N-methyl/N-ethyl adjacent to an activating group) is 1. The molecule has 1 N–H and O–H groups in total. The first kappa shape index (κ1) is 19.6. The quantitative estimate of drug-likeness (QED) is 0.749. The first-order chi connectivity index (χ1) is 12.2. The third-order valence-electron chi connectivity index (χ3n) is 4.01. The summed E-state index contributed by atoms with van der Waals surface area (Å²) >= 11 is 18.1. The lowest BCUT2D eigenvalue weighted by molar-refractivity contribution is 0.208. The van der Waals surface area contributed by atoms with E-state index in [2.05, 4.69) is 9.62 Å². The Kier molecular flexibility index (Phi) is 5.89. The van der Waals surface area contributed by atoms with Crippen LogP contribution in [0.4, 0.5) is 5.69 Å². The molecule has 0 spiro atoms. The lowest BCUT2D eigenvalue weighted by atomic mass is 10.3. The molecule has 1 fully saturated rings. The number of likely N-dealkylation sites (tertiary alicyclic amines) is 1. The number of nitrogens with one attached hydrogen (secondary N) is 1. The molecular formula is C17H17Cl3N2O3S. The number of nitrogens with zero attached hydrogens (tertiary/aromatic N) is 1. The number of hydrogen-bond donors (Lipinski definition) is 1. The van der Waals surface area contributed by atoms with Crippen molar-refractivity contribution in [2.45, 2.75) is 17.4 Å². The predicted octanol–water partition coefficient (Wildman–Crippen LogP) is 4.53. The first-order valence-electron chi connectivity index (χ1n) is 7.87. The summed E-state index contributed by atoms with van der Waals surface area (Å²) in [6.45, 7) is 1.74. The summed E-state index contributed by atoms with van der Waals surface area (Å²) in [6, 6.07) is 8.98. The Labute approximate surface area is 167 Å². The van der Waals surface area contributed by atoms with Crippen LogP contribution in [0.15, 0.2) is 41.3 Å². The molecule has 0 bridgehead atoms. The number of benzene rings is 2. The zero-order valence-corrected chi connectivity index (χ0v) is 17.0. The largest absolute Gasteiger partial charge is 0.487 e. The van der Waals surface area contributed by atoms with Gasteiger partial charge in [-0.1, -0.05) is 34.8 Å². The van der Waals surface area contributed by atoms with E-state index in [1.807, 2.05) is 7.05 Å². The van der Waals surface area contributed by atoms with Crippen LogP contribution in [0.5, 0.6) is 5.75 Å². The number of sulfonamides is 1. The van der Waals surface area contributed by atoms with Crippen LogP contribution < -0.4 is 9.46 Å². The van der Waals surface area contributed by atoms with Crippen molar-refractivity contribution in [2.75, 3.05) is 24.9 Å². The zero-order valence-electron chi connectivity index (χ0n) is 13.9. The molecule has 0 aliphatic carbocycles. The molecule has 0 radical (unpaired) electrons. The molecule has 0 amide bonds. The van der Waals surface area contributed by atoms with E-state index < -0.39 is 10.0 Å². The highest BCUT2D eigenvalue weighted by molar-refractivity contribution is 7.92. The molecular weight excluding hydrogens is 419 g/mol. The van der Waals surface area contributed by atoms with E-state index in [4.69, 9.17) is 39.5 Å². The highest BCUT2D eigenvalue weighted by atomic mass is 35.5. The zero-order chi connectivity index (χ0) is 18.9. The van der Waals surface area contributed by atoms with Gasteiger partial charge in [-0.2, -0.15) is 0 Å². The van der Waals surface area contributed by atoms with Gasteiger partial charge in [0.1, 0.15) is 16.7 Å². The van der Waals surface area contributed by atoms with Crippen LogP contribution in [0.1, 0.15) is 6.42 Å². The van der Waals surface area contributed by atoms with E-state index in [1.54, 1.807) is 18.2 Å². The molecule has 26 heavy (non-hydrogen) atoms. The normalized spacial score (nSPS) is 18.1. The van der Waals surface area contributed by atoms with Crippen LogP contribution >= 0.6 is 34.8 Å². The highest BCUT2D eigenvalue weighted by Gasteiger charge is 2.23. The topological polar surface area (TPSA) is 58.6 Å². The van der Waals surface area contributed by atoms with Crippen LogP contribution in [0.25, 0.3) is 0 Å². The number of halogens is 3. The van der Waals surface area contributed by atoms with Crippen molar-refractivity contribution >= 4 is 50.5 Å². The van der Waals surface area contributed by atoms with Crippen LogP contribution in [-0.4, -0.2) is 39.6 Å². The lowest BCUT2D eigenvalue weighted by Gasteiger charge is -2.16. The van der Waals surface area contributed by atoms with Gasteiger partial charge in [-0.05, 0) is 43.8 Å². The van der Waals surface area contributed by atoms with Gasteiger partial charge in [-0.25, -0.2) is 8.42 Å². The third-order valence-corrected chi connectivity index (χ3v) is 6.42. The maximum atomic E-state index is 12.6.